The molecule has 0 spiro atoms. The van der Waals surface area contributed by atoms with Gasteiger partial charge in [-0.25, -0.2) is 0 Å². The molecule has 1 saturated carbocycles. The van der Waals surface area contributed by atoms with E-state index in [2.05, 4.69) is 21.2 Å². The Kier molecular flexibility index (Phi) is 6.26. The van der Waals surface area contributed by atoms with Crippen LogP contribution in [-0.4, -0.2) is 17.9 Å². The van der Waals surface area contributed by atoms with Crippen molar-refractivity contribution in [3.63, 3.8) is 0 Å². The number of halogens is 2. The highest BCUT2D eigenvalue weighted by molar-refractivity contribution is 9.10. The Morgan fingerprint density at radius 2 is 2.05 bits per heavy atom. The Morgan fingerprint density at radius 3 is 2.68 bits per heavy atom. The highest BCUT2D eigenvalue weighted by atomic mass is 79.9. The zero-order valence-electron chi connectivity index (χ0n) is 12.3. The maximum atomic E-state index is 12.1. The topological polar surface area (TPSA) is 72.2 Å². The molecule has 4 nitrogen and oxygen atoms in total. The van der Waals surface area contributed by atoms with Gasteiger partial charge in [0.25, 0.3) is 0 Å². The van der Waals surface area contributed by atoms with Gasteiger partial charge in [-0.2, -0.15) is 0 Å². The third kappa shape index (κ3) is 4.99. The number of primary amides is 1. The van der Waals surface area contributed by atoms with E-state index in [4.69, 9.17) is 17.3 Å². The maximum absolute atomic E-state index is 12.1. The van der Waals surface area contributed by atoms with Crippen LogP contribution in [0.15, 0.2) is 22.7 Å². The molecule has 22 heavy (non-hydrogen) atoms. The summed E-state index contributed by atoms with van der Waals surface area (Å²) >= 11 is 9.40. The number of amides is 2. The minimum atomic E-state index is -0.719. The fraction of sp³-hybridized carbons (Fsp3) is 0.500. The van der Waals surface area contributed by atoms with Gasteiger partial charge >= 0.3 is 0 Å². The summed E-state index contributed by atoms with van der Waals surface area (Å²) < 4.78 is 0.841. The van der Waals surface area contributed by atoms with E-state index < -0.39 is 11.9 Å². The summed E-state index contributed by atoms with van der Waals surface area (Å²) in [6.07, 6.45) is 5.36. The second kappa shape index (κ2) is 7.97. The summed E-state index contributed by atoms with van der Waals surface area (Å²) in [5.74, 6) is -0.202. The van der Waals surface area contributed by atoms with Crippen molar-refractivity contribution in [1.82, 2.24) is 5.32 Å². The van der Waals surface area contributed by atoms with Crippen LogP contribution in [0.1, 0.15) is 37.7 Å². The Balaban J connectivity index is 1.98. The number of carbonyl (C=O) groups is 2. The highest BCUT2D eigenvalue weighted by Gasteiger charge is 2.23. The van der Waals surface area contributed by atoms with Gasteiger partial charge in [0.05, 0.1) is 0 Å². The molecule has 120 valence electrons. The number of nitrogens with one attached hydrogen (secondary N) is 1. The first-order valence-electron chi connectivity index (χ1n) is 7.48. The second-order valence-electron chi connectivity index (χ2n) is 5.82. The van der Waals surface area contributed by atoms with Crippen molar-refractivity contribution in [2.24, 2.45) is 11.7 Å². The van der Waals surface area contributed by atoms with E-state index in [0.29, 0.717) is 23.8 Å². The molecule has 1 aliphatic rings. The number of nitrogens with two attached hydrogens (primary N) is 1. The summed E-state index contributed by atoms with van der Waals surface area (Å²) in [6.45, 7) is 0. The summed E-state index contributed by atoms with van der Waals surface area (Å²) in [5, 5.41) is 3.34. The predicted octanol–water partition coefficient (Wildman–Crippen LogP) is 3.20. The maximum Gasteiger partial charge on any atom is 0.240 e. The van der Waals surface area contributed by atoms with Crippen LogP contribution in [0.5, 0.6) is 0 Å². The third-order valence-corrected chi connectivity index (χ3v) is 5.07. The molecule has 0 saturated heterocycles. The number of benzene rings is 1. The first-order valence-corrected chi connectivity index (χ1v) is 8.65. The lowest BCUT2D eigenvalue weighted by atomic mass is 10.0. The molecule has 1 aromatic rings. The van der Waals surface area contributed by atoms with E-state index >= 15 is 0 Å². The lowest BCUT2D eigenvalue weighted by Crippen LogP contribution is -2.46. The first kappa shape index (κ1) is 17.3. The number of rotatable bonds is 6. The van der Waals surface area contributed by atoms with Crippen molar-refractivity contribution < 1.29 is 9.59 Å². The van der Waals surface area contributed by atoms with Crippen LogP contribution in [0.25, 0.3) is 0 Å². The van der Waals surface area contributed by atoms with Crippen LogP contribution >= 0.6 is 27.5 Å². The summed E-state index contributed by atoms with van der Waals surface area (Å²) in [6, 6.07) is 4.62. The zero-order valence-corrected chi connectivity index (χ0v) is 14.6. The highest BCUT2D eigenvalue weighted by Crippen LogP contribution is 2.27. The van der Waals surface area contributed by atoms with Crippen LogP contribution in [-0.2, 0) is 16.0 Å². The summed E-state index contributed by atoms with van der Waals surface area (Å²) in [4.78, 5) is 23.7. The van der Waals surface area contributed by atoms with Crippen molar-refractivity contribution in [2.45, 2.75) is 44.6 Å². The Bertz CT molecular complexity index is 559. The molecule has 0 unspecified atom stereocenters. The SMILES string of the molecule is NC(=O)[C@@H](Cc1cc(Cl)ccc1Br)NC(=O)CC1CCCC1. The Morgan fingerprint density at radius 1 is 1.36 bits per heavy atom. The fourth-order valence-corrected chi connectivity index (χ4v) is 3.48. The molecule has 2 rings (SSSR count). The largest absolute Gasteiger partial charge is 0.368 e. The normalized spacial score (nSPS) is 16.5. The van der Waals surface area contributed by atoms with Crippen LogP contribution < -0.4 is 11.1 Å². The minimum Gasteiger partial charge on any atom is -0.368 e. The molecule has 0 bridgehead atoms. The third-order valence-electron chi connectivity index (χ3n) is 4.06. The monoisotopic (exact) mass is 386 g/mol. The average molecular weight is 388 g/mol. The van der Waals surface area contributed by atoms with Crippen molar-refractivity contribution in [2.75, 3.05) is 0 Å². The molecule has 0 aliphatic heterocycles. The molecular weight excluding hydrogens is 368 g/mol. The van der Waals surface area contributed by atoms with Crippen molar-refractivity contribution in [1.29, 1.82) is 0 Å². The molecule has 0 radical (unpaired) electrons. The van der Waals surface area contributed by atoms with E-state index in [1.54, 1.807) is 12.1 Å². The molecule has 0 heterocycles. The zero-order chi connectivity index (χ0) is 16.1. The Hall–Kier alpha value is -1.07. The fourth-order valence-electron chi connectivity index (χ4n) is 2.87. The van der Waals surface area contributed by atoms with Gasteiger partial charge in [-0.05, 0) is 42.5 Å². The van der Waals surface area contributed by atoms with E-state index in [0.717, 1.165) is 22.9 Å². The average Bonchev–Trinajstić information content (AvgIpc) is 2.94. The summed E-state index contributed by atoms with van der Waals surface area (Å²) in [5.41, 5.74) is 6.27. The van der Waals surface area contributed by atoms with Gasteiger partial charge in [-0.1, -0.05) is 40.4 Å². The molecule has 1 aromatic carbocycles. The molecule has 1 aliphatic carbocycles. The van der Waals surface area contributed by atoms with Gasteiger partial charge in [0.15, 0.2) is 0 Å². The smallest absolute Gasteiger partial charge is 0.240 e. The standard InChI is InChI=1S/C16H20BrClN2O2/c17-13-6-5-12(18)8-11(13)9-14(16(19)22)20-15(21)7-10-3-1-2-4-10/h5-6,8,10,14H,1-4,7,9H2,(H2,19,22)(H,20,21)/t14-/m1/s1. The molecule has 3 N–H and O–H groups in total. The van der Waals surface area contributed by atoms with Gasteiger partial charge < -0.3 is 11.1 Å². The van der Waals surface area contributed by atoms with Gasteiger partial charge in [0, 0.05) is 22.3 Å². The van der Waals surface area contributed by atoms with E-state index in [1.165, 1.54) is 12.8 Å². The number of hydrogen-bond acceptors (Lipinski definition) is 2. The van der Waals surface area contributed by atoms with Crippen LogP contribution in [0.4, 0.5) is 0 Å². The molecule has 2 amide bonds. The van der Waals surface area contributed by atoms with Gasteiger partial charge in [0.1, 0.15) is 6.04 Å². The minimum absolute atomic E-state index is 0.103. The van der Waals surface area contributed by atoms with Gasteiger partial charge in [0.2, 0.25) is 11.8 Å². The second-order valence-corrected chi connectivity index (χ2v) is 7.11. The Labute approximate surface area is 143 Å². The predicted molar refractivity (Wildman–Crippen MR) is 90.6 cm³/mol. The quantitative estimate of drug-likeness (QED) is 0.787. The summed E-state index contributed by atoms with van der Waals surface area (Å²) in [7, 11) is 0. The molecule has 6 heteroatoms. The molecule has 1 fully saturated rings. The molecular formula is C16H20BrClN2O2. The number of carbonyl (C=O) groups excluding carboxylic acids is 2. The van der Waals surface area contributed by atoms with E-state index in [9.17, 15) is 9.59 Å². The lowest BCUT2D eigenvalue weighted by Gasteiger charge is -2.18. The van der Waals surface area contributed by atoms with E-state index in [1.807, 2.05) is 6.07 Å². The molecule has 0 aromatic heterocycles. The molecule has 1 atom stereocenters. The lowest BCUT2D eigenvalue weighted by molar-refractivity contribution is -0.127. The van der Waals surface area contributed by atoms with Crippen LogP contribution in [0.2, 0.25) is 5.02 Å². The van der Waals surface area contributed by atoms with Crippen LogP contribution in [0.3, 0.4) is 0 Å². The van der Waals surface area contributed by atoms with Crippen molar-refractivity contribution >= 4 is 39.3 Å². The van der Waals surface area contributed by atoms with Gasteiger partial charge in [-0.15, -0.1) is 0 Å². The first-order chi connectivity index (χ1) is 10.5. The van der Waals surface area contributed by atoms with E-state index in [-0.39, 0.29) is 5.91 Å². The van der Waals surface area contributed by atoms with Crippen molar-refractivity contribution in [3.8, 4) is 0 Å². The number of hydrogen-bond donors (Lipinski definition) is 2. The van der Waals surface area contributed by atoms with Crippen LogP contribution in [0, 0.1) is 5.92 Å². The van der Waals surface area contributed by atoms with Crippen molar-refractivity contribution in [3.05, 3.63) is 33.3 Å². The van der Waals surface area contributed by atoms with Gasteiger partial charge in [-0.3, -0.25) is 9.59 Å².